The summed E-state index contributed by atoms with van der Waals surface area (Å²) in [5.74, 6) is 0.734. The molecule has 0 spiro atoms. The van der Waals surface area contributed by atoms with E-state index >= 15 is 0 Å². The van der Waals surface area contributed by atoms with Gasteiger partial charge in [-0.1, -0.05) is 56.3 Å². The van der Waals surface area contributed by atoms with Crippen LogP contribution >= 0.6 is 0 Å². The Balaban J connectivity index is 1.71. The summed E-state index contributed by atoms with van der Waals surface area (Å²) >= 11 is 0. The van der Waals surface area contributed by atoms with Crippen molar-refractivity contribution in [3.8, 4) is 11.5 Å². The summed E-state index contributed by atoms with van der Waals surface area (Å²) < 4.78 is 11.2. The second-order valence-corrected chi connectivity index (χ2v) is 6.82. The maximum Gasteiger partial charge on any atom is 0.411 e. The lowest BCUT2D eigenvalue weighted by Crippen LogP contribution is -2.17. The van der Waals surface area contributed by atoms with Gasteiger partial charge >= 0.3 is 6.09 Å². The van der Waals surface area contributed by atoms with E-state index in [1.54, 1.807) is 6.07 Å². The van der Waals surface area contributed by atoms with Crippen LogP contribution in [0, 0.1) is 5.92 Å². The maximum atomic E-state index is 12.1. The maximum absolute atomic E-state index is 12.1. The number of carbonyl (C=O) groups excluding carboxylic acids is 1. The van der Waals surface area contributed by atoms with Gasteiger partial charge in [0.2, 0.25) is 5.89 Å². The molecular formula is C22H20N2O3. The zero-order valence-electron chi connectivity index (χ0n) is 15.2. The van der Waals surface area contributed by atoms with Gasteiger partial charge in [-0.25, -0.2) is 9.78 Å². The van der Waals surface area contributed by atoms with Crippen LogP contribution in [0.4, 0.5) is 10.5 Å². The highest BCUT2D eigenvalue weighted by Crippen LogP contribution is 2.33. The molecule has 1 aromatic heterocycles. The minimum absolute atomic E-state index is 0.274. The Hall–Kier alpha value is -3.34. The predicted molar refractivity (Wildman–Crippen MR) is 107 cm³/mol. The van der Waals surface area contributed by atoms with E-state index in [0.29, 0.717) is 29.3 Å². The highest BCUT2D eigenvalue weighted by Gasteiger charge is 2.15. The van der Waals surface area contributed by atoms with E-state index in [9.17, 15) is 4.79 Å². The lowest BCUT2D eigenvalue weighted by Gasteiger charge is -2.10. The van der Waals surface area contributed by atoms with E-state index in [1.165, 1.54) is 0 Å². The zero-order chi connectivity index (χ0) is 18.8. The van der Waals surface area contributed by atoms with Crippen molar-refractivity contribution < 1.29 is 13.9 Å². The number of benzene rings is 3. The minimum atomic E-state index is -0.488. The number of aromatic nitrogens is 1. The molecule has 4 aromatic rings. The number of hydrogen-bond donors (Lipinski definition) is 1. The Kier molecular flexibility index (Phi) is 4.50. The van der Waals surface area contributed by atoms with Crippen LogP contribution in [-0.2, 0) is 4.74 Å². The third-order valence-electron chi connectivity index (χ3n) is 4.23. The topological polar surface area (TPSA) is 64.4 Å². The Bertz CT molecular complexity index is 1110. The highest BCUT2D eigenvalue weighted by atomic mass is 16.5. The summed E-state index contributed by atoms with van der Waals surface area (Å²) in [5.41, 5.74) is 2.82. The molecule has 1 heterocycles. The number of nitrogens with one attached hydrogen (secondary N) is 1. The molecule has 27 heavy (non-hydrogen) atoms. The first-order valence-electron chi connectivity index (χ1n) is 8.93. The van der Waals surface area contributed by atoms with Crippen molar-refractivity contribution in [1.29, 1.82) is 0 Å². The molecule has 4 rings (SSSR count). The largest absolute Gasteiger partial charge is 0.449 e. The van der Waals surface area contributed by atoms with Gasteiger partial charge in [-0.15, -0.1) is 0 Å². The van der Waals surface area contributed by atoms with Gasteiger partial charge < -0.3 is 9.15 Å². The molecule has 136 valence electrons. The lowest BCUT2D eigenvalue weighted by atomic mass is 10.1. The van der Waals surface area contributed by atoms with Crippen molar-refractivity contribution in [3.05, 3.63) is 60.7 Å². The summed E-state index contributed by atoms with van der Waals surface area (Å²) in [7, 11) is 0. The van der Waals surface area contributed by atoms with Crippen LogP contribution in [0.3, 0.4) is 0 Å². The third kappa shape index (κ3) is 3.49. The molecule has 0 aliphatic heterocycles. The van der Waals surface area contributed by atoms with Gasteiger partial charge in [-0.3, -0.25) is 5.32 Å². The van der Waals surface area contributed by atoms with E-state index in [1.807, 2.05) is 68.4 Å². The molecule has 0 radical (unpaired) electrons. The average Bonchev–Trinajstić information content (AvgIpc) is 3.11. The quantitative estimate of drug-likeness (QED) is 0.495. The van der Waals surface area contributed by atoms with Crippen molar-refractivity contribution in [2.75, 3.05) is 11.9 Å². The number of ether oxygens (including phenoxy) is 1. The molecule has 0 aliphatic carbocycles. The number of carbonyl (C=O) groups is 1. The highest BCUT2D eigenvalue weighted by molar-refractivity contribution is 6.04. The first-order valence-corrected chi connectivity index (χ1v) is 8.93. The van der Waals surface area contributed by atoms with Crippen molar-refractivity contribution in [2.24, 2.45) is 5.92 Å². The molecule has 0 fully saturated rings. The van der Waals surface area contributed by atoms with Gasteiger partial charge in [0.15, 0.2) is 5.58 Å². The van der Waals surface area contributed by atoms with Gasteiger partial charge in [0.1, 0.15) is 5.52 Å². The van der Waals surface area contributed by atoms with E-state index in [4.69, 9.17) is 14.1 Å². The molecular weight excluding hydrogens is 340 g/mol. The smallest absolute Gasteiger partial charge is 0.411 e. The number of nitrogens with zero attached hydrogens (tertiary/aromatic N) is 1. The van der Waals surface area contributed by atoms with Crippen molar-refractivity contribution in [3.63, 3.8) is 0 Å². The predicted octanol–water partition coefficient (Wildman–Crippen LogP) is 5.85. The number of hydrogen-bond acceptors (Lipinski definition) is 4. The second kappa shape index (κ2) is 7.11. The number of rotatable bonds is 4. The Morgan fingerprint density at radius 3 is 2.70 bits per heavy atom. The van der Waals surface area contributed by atoms with Crippen LogP contribution in [-0.4, -0.2) is 17.7 Å². The van der Waals surface area contributed by atoms with E-state index < -0.39 is 6.09 Å². The first kappa shape index (κ1) is 17.1. The van der Waals surface area contributed by atoms with Crippen molar-refractivity contribution in [1.82, 2.24) is 4.98 Å². The lowest BCUT2D eigenvalue weighted by molar-refractivity contribution is 0.147. The van der Waals surface area contributed by atoms with Crippen LogP contribution in [0.15, 0.2) is 65.1 Å². The summed E-state index contributed by atoms with van der Waals surface area (Å²) in [4.78, 5) is 16.8. The fourth-order valence-electron chi connectivity index (χ4n) is 2.94. The Morgan fingerprint density at radius 1 is 1.07 bits per heavy atom. The molecule has 0 aliphatic rings. The number of amides is 1. The number of fused-ring (bicyclic) bond motifs is 3. The standard InChI is InChI=1S/C22H20N2O3/c1-14(2)13-26-22(25)23-18-10-6-5-9-17(18)21-24-20-16-8-4-3-7-15(16)11-12-19(20)27-21/h3-12,14H,13H2,1-2H3,(H,23,25). The number of para-hydroxylation sites is 1. The van der Waals surface area contributed by atoms with Crippen LogP contribution < -0.4 is 5.32 Å². The van der Waals surface area contributed by atoms with Crippen LogP contribution in [0.1, 0.15) is 13.8 Å². The van der Waals surface area contributed by atoms with Gasteiger partial charge in [0.25, 0.3) is 0 Å². The van der Waals surface area contributed by atoms with E-state index in [-0.39, 0.29) is 5.92 Å². The molecule has 3 aromatic carbocycles. The normalized spacial score (nSPS) is 11.2. The van der Waals surface area contributed by atoms with Gasteiger partial charge in [0.05, 0.1) is 17.9 Å². The van der Waals surface area contributed by atoms with E-state index in [2.05, 4.69) is 5.32 Å². The fraction of sp³-hybridized carbons (Fsp3) is 0.182. The summed E-state index contributed by atoms with van der Waals surface area (Å²) in [6.45, 7) is 4.34. The average molecular weight is 360 g/mol. The SMILES string of the molecule is CC(C)COC(=O)Nc1ccccc1-c1nc2c(ccc3ccccc32)o1. The van der Waals surface area contributed by atoms with Gasteiger partial charge in [-0.2, -0.15) is 0 Å². The van der Waals surface area contributed by atoms with Crippen LogP contribution in [0.25, 0.3) is 33.3 Å². The molecule has 0 bridgehead atoms. The fourth-order valence-corrected chi connectivity index (χ4v) is 2.94. The third-order valence-corrected chi connectivity index (χ3v) is 4.23. The zero-order valence-corrected chi connectivity index (χ0v) is 15.2. The summed E-state index contributed by atoms with van der Waals surface area (Å²) in [6, 6.07) is 19.4. The number of anilines is 1. The molecule has 1 amide bonds. The minimum Gasteiger partial charge on any atom is -0.449 e. The van der Waals surface area contributed by atoms with Crippen LogP contribution in [0.2, 0.25) is 0 Å². The van der Waals surface area contributed by atoms with Gasteiger partial charge in [0, 0.05) is 5.39 Å². The van der Waals surface area contributed by atoms with Gasteiger partial charge in [-0.05, 0) is 29.5 Å². The molecule has 5 heteroatoms. The summed E-state index contributed by atoms with van der Waals surface area (Å²) in [5, 5.41) is 4.92. The van der Waals surface area contributed by atoms with Crippen LogP contribution in [0.5, 0.6) is 0 Å². The Labute approximate surface area is 157 Å². The number of oxazole rings is 1. The molecule has 5 nitrogen and oxygen atoms in total. The molecule has 0 saturated carbocycles. The van der Waals surface area contributed by atoms with Crippen molar-refractivity contribution in [2.45, 2.75) is 13.8 Å². The molecule has 1 N–H and O–H groups in total. The first-order chi connectivity index (χ1) is 13.1. The molecule has 0 saturated heterocycles. The van der Waals surface area contributed by atoms with Crippen molar-refractivity contribution >= 4 is 33.7 Å². The second-order valence-electron chi connectivity index (χ2n) is 6.82. The monoisotopic (exact) mass is 360 g/mol. The van der Waals surface area contributed by atoms with E-state index in [0.717, 1.165) is 16.3 Å². The molecule has 0 unspecified atom stereocenters. The summed E-state index contributed by atoms with van der Waals surface area (Å²) in [6.07, 6.45) is -0.488. The Morgan fingerprint density at radius 2 is 1.85 bits per heavy atom. The molecule has 0 atom stereocenters.